The molecule has 28 heavy (non-hydrogen) atoms. The van der Waals surface area contributed by atoms with Crippen molar-refractivity contribution in [1.82, 2.24) is 5.32 Å². The predicted octanol–water partition coefficient (Wildman–Crippen LogP) is 4.18. The van der Waals surface area contributed by atoms with E-state index in [2.05, 4.69) is 37.1 Å². The lowest BCUT2D eigenvalue weighted by molar-refractivity contribution is -0.124. The van der Waals surface area contributed by atoms with Gasteiger partial charge in [-0.1, -0.05) is 18.2 Å². The summed E-state index contributed by atoms with van der Waals surface area (Å²) in [4.78, 5) is 26.5. The van der Waals surface area contributed by atoms with Gasteiger partial charge in [0.1, 0.15) is 0 Å². The highest BCUT2D eigenvalue weighted by atomic mass is 16.5. The third kappa shape index (κ3) is 5.59. The van der Waals surface area contributed by atoms with Crippen LogP contribution in [0.1, 0.15) is 53.9 Å². The first-order chi connectivity index (χ1) is 13.3. The van der Waals surface area contributed by atoms with Gasteiger partial charge in [-0.05, 0) is 75.6 Å². The maximum absolute atomic E-state index is 12.2. The summed E-state index contributed by atoms with van der Waals surface area (Å²) in [5, 5.41) is 2.87. The molecule has 1 amide bonds. The minimum atomic E-state index is -0.500. The molecule has 0 spiro atoms. The van der Waals surface area contributed by atoms with E-state index in [1.807, 2.05) is 38.1 Å². The van der Waals surface area contributed by atoms with E-state index in [4.69, 9.17) is 4.74 Å². The van der Waals surface area contributed by atoms with Crippen molar-refractivity contribution in [2.45, 2.75) is 40.7 Å². The molecule has 0 aliphatic carbocycles. The van der Waals surface area contributed by atoms with E-state index in [1.165, 1.54) is 11.1 Å². The van der Waals surface area contributed by atoms with Crippen molar-refractivity contribution in [3.05, 3.63) is 64.7 Å². The molecule has 1 atom stereocenters. The Morgan fingerprint density at radius 2 is 1.64 bits per heavy atom. The zero-order valence-electron chi connectivity index (χ0n) is 17.4. The van der Waals surface area contributed by atoms with Crippen LogP contribution in [0.15, 0.2) is 42.5 Å². The molecule has 0 fully saturated rings. The van der Waals surface area contributed by atoms with Crippen LogP contribution in [0.25, 0.3) is 0 Å². The van der Waals surface area contributed by atoms with Gasteiger partial charge in [0.15, 0.2) is 6.61 Å². The molecule has 0 unspecified atom stereocenters. The molecule has 1 N–H and O–H groups in total. The van der Waals surface area contributed by atoms with E-state index < -0.39 is 5.97 Å². The standard InChI is InChI=1S/C23H30N2O3/c1-6-25(7-2)21-12-10-19(11-13-21)23(27)28-15-22(26)24-18(5)20-9-8-16(3)17(4)14-20/h8-14,18H,6-7,15H2,1-5H3,(H,24,26)/t18-/m1/s1. The predicted molar refractivity (Wildman–Crippen MR) is 113 cm³/mol. The van der Waals surface area contributed by atoms with Crippen molar-refractivity contribution >= 4 is 17.6 Å². The van der Waals surface area contributed by atoms with Crippen LogP contribution >= 0.6 is 0 Å². The lowest BCUT2D eigenvalue weighted by atomic mass is 10.0. The molecule has 2 aromatic rings. The minimum Gasteiger partial charge on any atom is -0.452 e. The summed E-state index contributed by atoms with van der Waals surface area (Å²) in [5.41, 5.74) is 4.91. The number of nitrogens with zero attached hydrogens (tertiary/aromatic N) is 1. The van der Waals surface area contributed by atoms with Gasteiger partial charge in [0, 0.05) is 18.8 Å². The largest absolute Gasteiger partial charge is 0.452 e. The summed E-state index contributed by atoms with van der Waals surface area (Å²) in [7, 11) is 0. The van der Waals surface area contributed by atoms with Gasteiger partial charge in [-0.2, -0.15) is 0 Å². The number of amides is 1. The lowest BCUT2D eigenvalue weighted by Crippen LogP contribution is -2.31. The Morgan fingerprint density at radius 3 is 2.21 bits per heavy atom. The van der Waals surface area contributed by atoms with E-state index in [-0.39, 0.29) is 18.6 Å². The van der Waals surface area contributed by atoms with Crippen LogP contribution in [-0.2, 0) is 9.53 Å². The van der Waals surface area contributed by atoms with Gasteiger partial charge < -0.3 is 15.0 Å². The Bertz CT molecular complexity index is 811. The van der Waals surface area contributed by atoms with Crippen molar-refractivity contribution in [2.75, 3.05) is 24.6 Å². The van der Waals surface area contributed by atoms with Gasteiger partial charge in [0.05, 0.1) is 11.6 Å². The summed E-state index contributed by atoms with van der Waals surface area (Å²) in [6.07, 6.45) is 0. The van der Waals surface area contributed by atoms with Crippen LogP contribution in [-0.4, -0.2) is 31.6 Å². The van der Waals surface area contributed by atoms with Gasteiger partial charge in [0.25, 0.3) is 5.91 Å². The summed E-state index contributed by atoms with van der Waals surface area (Å²) in [6, 6.07) is 13.2. The second kappa shape index (κ2) is 9.93. The molecular weight excluding hydrogens is 352 g/mol. The molecule has 0 radical (unpaired) electrons. The Balaban J connectivity index is 1.87. The SMILES string of the molecule is CCN(CC)c1ccc(C(=O)OCC(=O)N[C@H](C)c2ccc(C)c(C)c2)cc1. The molecule has 0 bridgehead atoms. The van der Waals surface area contributed by atoms with Crippen LogP contribution in [0.5, 0.6) is 0 Å². The Kier molecular flexibility index (Phi) is 7.61. The number of rotatable bonds is 8. The fourth-order valence-corrected chi connectivity index (χ4v) is 3.01. The van der Waals surface area contributed by atoms with Crippen molar-refractivity contribution in [3.63, 3.8) is 0 Å². The van der Waals surface area contributed by atoms with Crippen molar-refractivity contribution < 1.29 is 14.3 Å². The normalized spacial score (nSPS) is 11.6. The van der Waals surface area contributed by atoms with Crippen molar-refractivity contribution in [3.8, 4) is 0 Å². The van der Waals surface area contributed by atoms with Crippen LogP contribution in [0, 0.1) is 13.8 Å². The average Bonchev–Trinajstić information content (AvgIpc) is 2.69. The number of carbonyl (C=O) groups excluding carboxylic acids is 2. The number of benzene rings is 2. The molecule has 0 saturated heterocycles. The number of carbonyl (C=O) groups is 2. The van der Waals surface area contributed by atoms with E-state index in [0.717, 1.165) is 24.3 Å². The highest BCUT2D eigenvalue weighted by Gasteiger charge is 2.14. The molecule has 150 valence electrons. The molecule has 2 rings (SSSR count). The smallest absolute Gasteiger partial charge is 0.338 e. The van der Waals surface area contributed by atoms with Crippen molar-refractivity contribution in [2.24, 2.45) is 0 Å². The summed E-state index contributed by atoms with van der Waals surface area (Å²) < 4.78 is 5.16. The van der Waals surface area contributed by atoms with Crippen molar-refractivity contribution in [1.29, 1.82) is 0 Å². The summed E-state index contributed by atoms with van der Waals surface area (Å²) in [5.74, 6) is -0.820. The van der Waals surface area contributed by atoms with E-state index in [1.54, 1.807) is 12.1 Å². The third-order valence-corrected chi connectivity index (χ3v) is 4.97. The number of hydrogen-bond donors (Lipinski definition) is 1. The molecule has 5 nitrogen and oxygen atoms in total. The fraction of sp³-hybridized carbons (Fsp3) is 0.391. The number of hydrogen-bond acceptors (Lipinski definition) is 4. The highest BCUT2D eigenvalue weighted by molar-refractivity contribution is 5.91. The zero-order chi connectivity index (χ0) is 20.7. The minimum absolute atomic E-state index is 0.154. The highest BCUT2D eigenvalue weighted by Crippen LogP contribution is 2.17. The zero-order valence-corrected chi connectivity index (χ0v) is 17.4. The number of anilines is 1. The second-order valence-electron chi connectivity index (χ2n) is 6.93. The Morgan fingerprint density at radius 1 is 1.00 bits per heavy atom. The van der Waals surface area contributed by atoms with Gasteiger partial charge >= 0.3 is 5.97 Å². The number of esters is 1. The first kappa shape index (κ1) is 21.5. The molecule has 0 heterocycles. The number of ether oxygens (including phenoxy) is 1. The number of nitrogens with one attached hydrogen (secondary N) is 1. The Labute approximate surface area is 167 Å². The first-order valence-electron chi connectivity index (χ1n) is 9.74. The third-order valence-electron chi connectivity index (χ3n) is 4.97. The topological polar surface area (TPSA) is 58.6 Å². The maximum atomic E-state index is 12.2. The van der Waals surface area contributed by atoms with Gasteiger partial charge in [-0.25, -0.2) is 4.79 Å². The first-order valence-corrected chi connectivity index (χ1v) is 9.74. The molecule has 2 aromatic carbocycles. The molecule has 0 aliphatic rings. The van der Waals surface area contributed by atoms with E-state index in [9.17, 15) is 9.59 Å². The molecule has 5 heteroatoms. The van der Waals surface area contributed by atoms with Crippen LogP contribution < -0.4 is 10.2 Å². The van der Waals surface area contributed by atoms with E-state index in [0.29, 0.717) is 5.56 Å². The monoisotopic (exact) mass is 382 g/mol. The number of aryl methyl sites for hydroxylation is 2. The second-order valence-corrected chi connectivity index (χ2v) is 6.93. The quantitative estimate of drug-likeness (QED) is 0.696. The fourth-order valence-electron chi connectivity index (χ4n) is 3.01. The van der Waals surface area contributed by atoms with Gasteiger partial charge in [-0.3, -0.25) is 4.79 Å². The Hall–Kier alpha value is -2.82. The maximum Gasteiger partial charge on any atom is 0.338 e. The van der Waals surface area contributed by atoms with Crippen LogP contribution in [0.2, 0.25) is 0 Å². The summed E-state index contributed by atoms with van der Waals surface area (Å²) >= 11 is 0. The molecule has 0 aromatic heterocycles. The van der Waals surface area contributed by atoms with Gasteiger partial charge in [0.2, 0.25) is 0 Å². The van der Waals surface area contributed by atoms with Gasteiger partial charge in [-0.15, -0.1) is 0 Å². The average molecular weight is 383 g/mol. The van der Waals surface area contributed by atoms with Crippen LogP contribution in [0.4, 0.5) is 5.69 Å². The van der Waals surface area contributed by atoms with Crippen LogP contribution in [0.3, 0.4) is 0 Å². The molecular formula is C23H30N2O3. The molecule has 0 aliphatic heterocycles. The van der Waals surface area contributed by atoms with E-state index >= 15 is 0 Å². The lowest BCUT2D eigenvalue weighted by Gasteiger charge is -2.21. The molecule has 0 saturated carbocycles. The summed E-state index contributed by atoms with van der Waals surface area (Å²) in [6.45, 7) is 11.7.